The van der Waals surface area contributed by atoms with Crippen LogP contribution in [0.2, 0.25) is 0 Å². The van der Waals surface area contributed by atoms with Gasteiger partial charge in [0.05, 0.1) is 10.6 Å². The highest BCUT2D eigenvalue weighted by atomic mass is 32.2. The van der Waals surface area contributed by atoms with Crippen LogP contribution in [0.25, 0.3) is 0 Å². The maximum Gasteiger partial charge on any atom is 0.264 e. The fraction of sp³-hybridized carbons (Fsp3) is 0.250. The van der Waals surface area contributed by atoms with Crippen LogP contribution in [0.15, 0.2) is 41.3 Å². The van der Waals surface area contributed by atoms with Crippen molar-refractivity contribution in [1.82, 2.24) is 0 Å². The number of nitrogen functional groups attached to an aromatic ring is 1. The third kappa shape index (κ3) is 2.61. The van der Waals surface area contributed by atoms with Gasteiger partial charge in [0.2, 0.25) is 0 Å². The minimum absolute atomic E-state index is 0.298. The number of aryl methyl sites for hydroxylation is 1. The molecule has 2 aromatic carbocycles. The number of para-hydroxylation sites is 1. The molecule has 0 fully saturated rings. The van der Waals surface area contributed by atoms with Crippen LogP contribution in [0.3, 0.4) is 0 Å². The third-order valence-electron chi connectivity index (χ3n) is 3.82. The average molecular weight is 304 g/mol. The van der Waals surface area contributed by atoms with Gasteiger partial charge in [-0.1, -0.05) is 18.2 Å². The van der Waals surface area contributed by atoms with E-state index in [1.165, 1.54) is 4.31 Å². The summed E-state index contributed by atoms with van der Waals surface area (Å²) in [6.45, 7) is 5.42. The highest BCUT2D eigenvalue weighted by Gasteiger charge is 2.27. The van der Waals surface area contributed by atoms with E-state index in [0.29, 0.717) is 21.8 Å². The summed E-state index contributed by atoms with van der Waals surface area (Å²) in [5.74, 6) is 0. The van der Waals surface area contributed by atoms with E-state index in [-0.39, 0.29) is 0 Å². The topological polar surface area (TPSA) is 63.4 Å². The molecule has 0 heterocycles. The minimum atomic E-state index is -3.65. The highest BCUT2D eigenvalue weighted by Crippen LogP contribution is 2.31. The molecular formula is C16H20N2O2S. The molecule has 0 radical (unpaired) electrons. The van der Waals surface area contributed by atoms with E-state index in [1.54, 1.807) is 26.1 Å². The second-order valence-electron chi connectivity index (χ2n) is 5.17. The van der Waals surface area contributed by atoms with E-state index in [1.807, 2.05) is 38.1 Å². The molecule has 2 rings (SSSR count). The molecule has 21 heavy (non-hydrogen) atoms. The van der Waals surface area contributed by atoms with Crippen molar-refractivity contribution < 1.29 is 8.42 Å². The molecular weight excluding hydrogens is 284 g/mol. The predicted octanol–water partition coefficient (Wildman–Crippen LogP) is 3.02. The summed E-state index contributed by atoms with van der Waals surface area (Å²) in [7, 11) is -2.09. The summed E-state index contributed by atoms with van der Waals surface area (Å²) in [4.78, 5) is 0.298. The molecule has 0 spiro atoms. The lowest BCUT2D eigenvalue weighted by atomic mass is 10.1. The zero-order valence-electron chi connectivity index (χ0n) is 12.7. The minimum Gasteiger partial charge on any atom is -0.398 e. The van der Waals surface area contributed by atoms with Crippen LogP contribution in [-0.2, 0) is 10.0 Å². The van der Waals surface area contributed by atoms with Crippen LogP contribution in [-0.4, -0.2) is 15.5 Å². The van der Waals surface area contributed by atoms with E-state index in [0.717, 1.165) is 11.1 Å². The van der Waals surface area contributed by atoms with Crippen molar-refractivity contribution in [3.63, 3.8) is 0 Å². The van der Waals surface area contributed by atoms with Crippen molar-refractivity contribution in [3.05, 3.63) is 53.1 Å². The van der Waals surface area contributed by atoms with Gasteiger partial charge in [-0.15, -0.1) is 0 Å². The number of rotatable bonds is 3. The zero-order valence-corrected chi connectivity index (χ0v) is 13.5. The van der Waals surface area contributed by atoms with Gasteiger partial charge in [-0.3, -0.25) is 4.31 Å². The van der Waals surface area contributed by atoms with Crippen molar-refractivity contribution in [3.8, 4) is 0 Å². The first kappa shape index (κ1) is 15.4. The Balaban J connectivity index is 2.66. The molecule has 0 unspecified atom stereocenters. The number of hydrogen-bond donors (Lipinski definition) is 1. The van der Waals surface area contributed by atoms with E-state index < -0.39 is 10.0 Å². The smallest absolute Gasteiger partial charge is 0.264 e. The van der Waals surface area contributed by atoms with Gasteiger partial charge in [0, 0.05) is 12.7 Å². The molecule has 0 aliphatic rings. The monoisotopic (exact) mass is 304 g/mol. The first-order valence-electron chi connectivity index (χ1n) is 6.67. The Morgan fingerprint density at radius 1 is 1.00 bits per heavy atom. The Morgan fingerprint density at radius 2 is 1.57 bits per heavy atom. The Hall–Kier alpha value is -2.01. The summed E-state index contributed by atoms with van der Waals surface area (Å²) in [6.07, 6.45) is 0. The van der Waals surface area contributed by atoms with Gasteiger partial charge in [0.25, 0.3) is 10.0 Å². The Bertz CT molecular complexity index is 742. The Labute approximate surface area is 126 Å². The first-order valence-corrected chi connectivity index (χ1v) is 8.11. The van der Waals surface area contributed by atoms with E-state index >= 15 is 0 Å². The number of hydrogen-bond acceptors (Lipinski definition) is 3. The van der Waals surface area contributed by atoms with Crippen molar-refractivity contribution in [2.75, 3.05) is 17.1 Å². The molecule has 0 saturated heterocycles. The molecule has 0 bridgehead atoms. The predicted molar refractivity (Wildman–Crippen MR) is 87.1 cm³/mol. The van der Waals surface area contributed by atoms with Gasteiger partial charge in [-0.2, -0.15) is 0 Å². The molecule has 0 atom stereocenters. The van der Waals surface area contributed by atoms with Crippen LogP contribution >= 0.6 is 0 Å². The molecule has 4 nitrogen and oxygen atoms in total. The zero-order chi connectivity index (χ0) is 15.8. The summed E-state index contributed by atoms with van der Waals surface area (Å²) < 4.78 is 27.2. The fourth-order valence-electron chi connectivity index (χ4n) is 2.34. The largest absolute Gasteiger partial charge is 0.398 e. The molecule has 5 heteroatoms. The van der Waals surface area contributed by atoms with E-state index in [9.17, 15) is 8.42 Å². The molecule has 0 saturated carbocycles. The highest BCUT2D eigenvalue weighted by molar-refractivity contribution is 7.93. The van der Waals surface area contributed by atoms with Crippen molar-refractivity contribution in [1.29, 1.82) is 0 Å². The van der Waals surface area contributed by atoms with Gasteiger partial charge in [-0.05, 0) is 55.7 Å². The van der Waals surface area contributed by atoms with Gasteiger partial charge >= 0.3 is 0 Å². The number of sulfonamides is 1. The van der Waals surface area contributed by atoms with Crippen LogP contribution in [0.1, 0.15) is 16.7 Å². The quantitative estimate of drug-likeness (QED) is 0.887. The van der Waals surface area contributed by atoms with Crippen LogP contribution in [0.5, 0.6) is 0 Å². The molecule has 0 aliphatic carbocycles. The number of nitrogens with two attached hydrogens (primary N) is 1. The van der Waals surface area contributed by atoms with Crippen molar-refractivity contribution in [2.24, 2.45) is 0 Å². The van der Waals surface area contributed by atoms with E-state index in [2.05, 4.69) is 0 Å². The lowest BCUT2D eigenvalue weighted by Gasteiger charge is -2.23. The number of nitrogens with zero attached hydrogens (tertiary/aromatic N) is 1. The summed E-state index contributed by atoms with van der Waals surface area (Å²) in [6, 6.07) is 10.8. The normalized spacial score (nSPS) is 11.4. The number of anilines is 2. The third-order valence-corrected chi connectivity index (χ3v) is 5.88. The summed E-state index contributed by atoms with van der Waals surface area (Å²) in [5.41, 5.74) is 9.27. The van der Waals surface area contributed by atoms with E-state index in [4.69, 9.17) is 5.73 Å². The first-order chi connectivity index (χ1) is 9.76. The van der Waals surface area contributed by atoms with Gasteiger partial charge < -0.3 is 5.73 Å². The molecule has 2 aromatic rings. The summed E-state index contributed by atoms with van der Waals surface area (Å²) in [5, 5.41) is 0. The van der Waals surface area contributed by atoms with Crippen LogP contribution in [0.4, 0.5) is 11.4 Å². The average Bonchev–Trinajstić information content (AvgIpc) is 2.45. The Morgan fingerprint density at radius 3 is 2.14 bits per heavy atom. The lowest BCUT2D eigenvalue weighted by molar-refractivity contribution is 0.593. The standard InChI is InChI=1S/C16H20N2O2S/c1-11-10-15(17)13(3)16(12(11)2)21(19,20)18(4)14-8-6-5-7-9-14/h5-10H,17H2,1-4H3. The molecule has 2 N–H and O–H groups in total. The molecule has 0 aromatic heterocycles. The van der Waals surface area contributed by atoms with Gasteiger partial charge in [0.1, 0.15) is 0 Å². The Kier molecular flexibility index (Phi) is 3.96. The number of benzene rings is 2. The summed E-state index contributed by atoms with van der Waals surface area (Å²) >= 11 is 0. The van der Waals surface area contributed by atoms with Crippen molar-refractivity contribution >= 4 is 21.4 Å². The second-order valence-corrected chi connectivity index (χ2v) is 7.08. The van der Waals surface area contributed by atoms with Gasteiger partial charge in [0.15, 0.2) is 0 Å². The van der Waals surface area contributed by atoms with Crippen LogP contribution in [0, 0.1) is 20.8 Å². The van der Waals surface area contributed by atoms with Crippen LogP contribution < -0.4 is 10.0 Å². The maximum absolute atomic E-state index is 12.9. The fourth-order valence-corrected chi connectivity index (χ4v) is 4.07. The van der Waals surface area contributed by atoms with Gasteiger partial charge in [-0.25, -0.2) is 8.42 Å². The SMILES string of the molecule is Cc1cc(N)c(C)c(S(=O)(=O)N(C)c2ccccc2)c1C. The van der Waals surface area contributed by atoms with Crippen molar-refractivity contribution in [2.45, 2.75) is 25.7 Å². The maximum atomic E-state index is 12.9. The molecule has 0 amide bonds. The second kappa shape index (κ2) is 5.41. The molecule has 0 aliphatic heterocycles. The molecule has 112 valence electrons. The lowest BCUT2D eigenvalue weighted by Crippen LogP contribution is -2.28.